The Morgan fingerprint density at radius 1 is 0.872 bits per heavy atom. The van der Waals surface area contributed by atoms with Crippen LogP contribution < -0.4 is 0 Å². The van der Waals surface area contributed by atoms with Gasteiger partial charge >= 0.3 is 11.9 Å². The van der Waals surface area contributed by atoms with Gasteiger partial charge in [-0.2, -0.15) is 0 Å². The van der Waals surface area contributed by atoms with Crippen molar-refractivity contribution < 1.29 is 23.5 Å². The zero-order valence-corrected chi connectivity index (χ0v) is 23.1. The van der Waals surface area contributed by atoms with Crippen LogP contribution in [0, 0.1) is 28.6 Å². The van der Waals surface area contributed by atoms with Crippen LogP contribution in [0.3, 0.4) is 0 Å². The highest BCUT2D eigenvalue weighted by Gasteiger charge is 2.56. The van der Waals surface area contributed by atoms with Gasteiger partial charge in [-0.15, -0.1) is 0 Å². The highest BCUT2D eigenvalue weighted by atomic mass is 16.5. The van der Waals surface area contributed by atoms with Crippen LogP contribution in [0.1, 0.15) is 78.7 Å². The monoisotopic (exact) mass is 528 g/mol. The molecule has 2 aliphatic carbocycles. The number of benzene rings is 2. The number of aryl methyl sites for hydroxylation is 1. The minimum Gasteiger partial charge on any atom is -0.472 e. The minimum atomic E-state index is -0.252. The third kappa shape index (κ3) is 5.98. The second kappa shape index (κ2) is 11.8. The maximum absolute atomic E-state index is 12.8. The SMILES string of the molecule is CC1(COC(=O)c2ccccc2)CCCC2(C)C(CCc3ccoc3)C(COC(=O)c3ccccc3)CCC12. The van der Waals surface area contributed by atoms with E-state index in [-0.39, 0.29) is 22.8 Å². The van der Waals surface area contributed by atoms with Crippen molar-refractivity contribution in [2.75, 3.05) is 13.2 Å². The van der Waals surface area contributed by atoms with Crippen LogP contribution in [0.25, 0.3) is 0 Å². The van der Waals surface area contributed by atoms with Gasteiger partial charge in [0, 0.05) is 5.41 Å². The molecule has 0 radical (unpaired) electrons. The van der Waals surface area contributed by atoms with E-state index >= 15 is 0 Å². The Kier molecular flexibility index (Phi) is 8.25. The summed E-state index contributed by atoms with van der Waals surface area (Å²) in [5.74, 6) is 0.608. The molecular weight excluding hydrogens is 488 g/mol. The van der Waals surface area contributed by atoms with E-state index in [4.69, 9.17) is 13.9 Å². The van der Waals surface area contributed by atoms with Crippen molar-refractivity contribution in [3.8, 4) is 0 Å². The van der Waals surface area contributed by atoms with E-state index in [1.54, 1.807) is 18.4 Å². The Balaban J connectivity index is 1.33. The molecule has 2 saturated carbocycles. The van der Waals surface area contributed by atoms with Gasteiger partial charge in [-0.25, -0.2) is 9.59 Å². The van der Waals surface area contributed by atoms with Crippen LogP contribution in [0.4, 0.5) is 0 Å². The first-order chi connectivity index (χ1) is 18.9. The zero-order chi connectivity index (χ0) is 27.3. The van der Waals surface area contributed by atoms with Crippen molar-refractivity contribution in [3.63, 3.8) is 0 Å². The Labute approximate surface area is 231 Å². The van der Waals surface area contributed by atoms with Crippen LogP contribution in [-0.2, 0) is 15.9 Å². The van der Waals surface area contributed by atoms with Gasteiger partial charge in [0.15, 0.2) is 0 Å². The van der Waals surface area contributed by atoms with E-state index < -0.39 is 0 Å². The molecule has 0 saturated heterocycles. The molecule has 0 amide bonds. The fourth-order valence-electron chi connectivity index (χ4n) is 7.68. The lowest BCUT2D eigenvalue weighted by atomic mass is 9.45. The molecule has 2 aromatic carbocycles. The molecule has 206 valence electrons. The number of fused-ring (bicyclic) bond motifs is 1. The molecule has 5 atom stereocenters. The van der Waals surface area contributed by atoms with Gasteiger partial charge in [-0.05, 0) is 97.6 Å². The number of hydrogen-bond acceptors (Lipinski definition) is 5. The molecular formula is C34H40O5. The van der Waals surface area contributed by atoms with E-state index in [1.165, 1.54) is 5.56 Å². The molecule has 0 spiro atoms. The molecule has 3 aromatic rings. The lowest BCUT2D eigenvalue weighted by Gasteiger charge is -2.60. The van der Waals surface area contributed by atoms with Crippen molar-refractivity contribution in [2.24, 2.45) is 28.6 Å². The number of esters is 2. The summed E-state index contributed by atoms with van der Waals surface area (Å²) in [6, 6.07) is 20.5. The van der Waals surface area contributed by atoms with Gasteiger partial charge < -0.3 is 13.9 Å². The molecule has 5 heteroatoms. The fourth-order valence-corrected chi connectivity index (χ4v) is 7.68. The molecule has 1 heterocycles. The van der Waals surface area contributed by atoms with Gasteiger partial charge in [-0.3, -0.25) is 0 Å². The van der Waals surface area contributed by atoms with Crippen molar-refractivity contribution in [1.82, 2.24) is 0 Å². The Morgan fingerprint density at radius 2 is 1.54 bits per heavy atom. The second-order valence-electron chi connectivity index (χ2n) is 12.1. The summed E-state index contributed by atoms with van der Waals surface area (Å²) in [6.45, 7) is 5.63. The smallest absolute Gasteiger partial charge is 0.338 e. The molecule has 39 heavy (non-hydrogen) atoms. The summed E-state index contributed by atoms with van der Waals surface area (Å²) in [4.78, 5) is 25.6. The Bertz CT molecular complexity index is 1220. The largest absolute Gasteiger partial charge is 0.472 e. The van der Waals surface area contributed by atoms with Crippen LogP contribution in [0.5, 0.6) is 0 Å². The van der Waals surface area contributed by atoms with Gasteiger partial charge in [0.1, 0.15) is 0 Å². The normalized spacial score (nSPS) is 28.3. The topological polar surface area (TPSA) is 65.7 Å². The van der Waals surface area contributed by atoms with Crippen LogP contribution in [0.15, 0.2) is 83.7 Å². The Hall–Kier alpha value is -3.34. The number of hydrogen-bond donors (Lipinski definition) is 0. The summed E-state index contributed by atoms with van der Waals surface area (Å²) >= 11 is 0. The van der Waals surface area contributed by atoms with Crippen molar-refractivity contribution in [3.05, 3.63) is 95.9 Å². The van der Waals surface area contributed by atoms with Crippen molar-refractivity contribution in [2.45, 2.75) is 58.8 Å². The zero-order valence-electron chi connectivity index (χ0n) is 23.1. The number of ether oxygens (including phenoxy) is 2. The highest BCUT2D eigenvalue weighted by molar-refractivity contribution is 5.89. The molecule has 1 aromatic heterocycles. The van der Waals surface area contributed by atoms with E-state index in [0.29, 0.717) is 42.1 Å². The summed E-state index contributed by atoms with van der Waals surface area (Å²) < 4.78 is 17.2. The molecule has 0 bridgehead atoms. The number of rotatable bonds is 9. The summed E-state index contributed by atoms with van der Waals surface area (Å²) in [5.41, 5.74) is 2.38. The quantitative estimate of drug-likeness (QED) is 0.266. The van der Waals surface area contributed by atoms with Gasteiger partial charge in [0.05, 0.1) is 36.9 Å². The first-order valence-corrected chi connectivity index (χ1v) is 14.3. The third-order valence-electron chi connectivity index (χ3n) is 9.65. The van der Waals surface area contributed by atoms with Crippen molar-refractivity contribution >= 4 is 11.9 Å². The molecule has 0 aliphatic heterocycles. The van der Waals surface area contributed by atoms with E-state index in [1.807, 2.05) is 60.9 Å². The van der Waals surface area contributed by atoms with E-state index in [9.17, 15) is 9.59 Å². The van der Waals surface area contributed by atoms with E-state index in [0.717, 1.165) is 44.9 Å². The summed E-state index contributed by atoms with van der Waals surface area (Å²) in [6.07, 6.45) is 10.9. The standard InChI is InChI=1S/C34H40O5/c1-33(24-39-32(36)27-12-7-4-8-13-27)19-9-20-34(2)29(16-14-25-18-21-37-22-25)28(15-17-30(33)34)23-38-31(35)26-10-5-3-6-11-26/h3-8,10-13,18,21-22,28-30H,9,14-17,19-20,23-24H2,1-2H3. The predicted molar refractivity (Wildman–Crippen MR) is 150 cm³/mol. The van der Waals surface area contributed by atoms with Gasteiger partial charge in [0.2, 0.25) is 0 Å². The van der Waals surface area contributed by atoms with Crippen LogP contribution in [0.2, 0.25) is 0 Å². The predicted octanol–water partition coefficient (Wildman–Crippen LogP) is 7.77. The average molecular weight is 529 g/mol. The summed E-state index contributed by atoms with van der Waals surface area (Å²) in [7, 11) is 0. The second-order valence-corrected chi connectivity index (χ2v) is 12.1. The minimum absolute atomic E-state index is 0.0674. The molecule has 2 fully saturated rings. The van der Waals surface area contributed by atoms with Crippen LogP contribution in [-0.4, -0.2) is 25.2 Å². The van der Waals surface area contributed by atoms with Crippen molar-refractivity contribution in [1.29, 1.82) is 0 Å². The number of furan rings is 1. The maximum Gasteiger partial charge on any atom is 0.338 e. The van der Waals surface area contributed by atoms with E-state index in [2.05, 4.69) is 13.8 Å². The van der Waals surface area contributed by atoms with Crippen LogP contribution >= 0.6 is 0 Å². The molecule has 5 rings (SSSR count). The lowest BCUT2D eigenvalue weighted by molar-refractivity contribution is -0.130. The van der Waals surface area contributed by atoms with Gasteiger partial charge in [0.25, 0.3) is 0 Å². The fraction of sp³-hybridized carbons (Fsp3) is 0.471. The average Bonchev–Trinajstić information content (AvgIpc) is 3.48. The molecule has 5 nitrogen and oxygen atoms in total. The third-order valence-corrected chi connectivity index (χ3v) is 9.65. The highest BCUT2D eigenvalue weighted by Crippen LogP contribution is 2.62. The number of carbonyl (C=O) groups is 2. The summed E-state index contributed by atoms with van der Waals surface area (Å²) in [5, 5.41) is 0. The van der Waals surface area contributed by atoms with Gasteiger partial charge in [-0.1, -0.05) is 56.7 Å². The number of carbonyl (C=O) groups excluding carboxylic acids is 2. The lowest BCUT2D eigenvalue weighted by Crippen LogP contribution is -2.54. The molecule has 2 aliphatic rings. The first-order valence-electron chi connectivity index (χ1n) is 14.3. The maximum atomic E-state index is 12.8. The Morgan fingerprint density at radius 3 is 2.18 bits per heavy atom. The first kappa shape index (κ1) is 27.2. The molecule has 0 N–H and O–H groups in total. The molecule has 5 unspecified atom stereocenters.